The zero-order chi connectivity index (χ0) is 15.9. The third-order valence-electron chi connectivity index (χ3n) is 3.35. The fourth-order valence-corrected chi connectivity index (χ4v) is 2.19. The molecule has 0 saturated heterocycles. The number of rotatable bonds is 8. The highest BCUT2D eigenvalue weighted by atomic mass is 19.4. The zero-order valence-electron chi connectivity index (χ0n) is 12.6. The van der Waals surface area contributed by atoms with E-state index >= 15 is 0 Å². The molecule has 0 aliphatic carbocycles. The number of alkyl halides is 3. The van der Waals surface area contributed by atoms with Crippen LogP contribution in [0.5, 0.6) is 11.5 Å². The monoisotopic (exact) mass is 305 g/mol. The van der Waals surface area contributed by atoms with Crippen LogP contribution in [0.1, 0.15) is 24.8 Å². The van der Waals surface area contributed by atoms with Crippen molar-refractivity contribution in [3.8, 4) is 11.5 Å². The largest absolute Gasteiger partial charge is 0.493 e. The average molecular weight is 305 g/mol. The molecule has 1 rings (SSSR count). The van der Waals surface area contributed by atoms with E-state index in [2.05, 4.69) is 5.32 Å². The Morgan fingerprint density at radius 2 is 1.81 bits per heavy atom. The molecule has 1 atom stereocenters. The Balaban J connectivity index is 2.60. The predicted molar refractivity (Wildman–Crippen MR) is 76.0 cm³/mol. The second kappa shape index (κ2) is 8.12. The van der Waals surface area contributed by atoms with Gasteiger partial charge in [0.05, 0.1) is 14.2 Å². The highest BCUT2D eigenvalue weighted by Crippen LogP contribution is 2.28. The van der Waals surface area contributed by atoms with Crippen molar-refractivity contribution in [1.82, 2.24) is 5.32 Å². The second-order valence-corrected chi connectivity index (χ2v) is 4.89. The van der Waals surface area contributed by atoms with Crippen LogP contribution in [0.2, 0.25) is 0 Å². The molecule has 0 fully saturated rings. The van der Waals surface area contributed by atoms with Crippen LogP contribution >= 0.6 is 0 Å². The van der Waals surface area contributed by atoms with Gasteiger partial charge in [-0.25, -0.2) is 0 Å². The molecule has 0 bridgehead atoms. The number of likely N-dealkylation sites (N-methyl/N-ethyl adjacent to an activating group) is 1. The zero-order valence-corrected chi connectivity index (χ0v) is 12.6. The molecule has 1 unspecified atom stereocenters. The molecule has 0 aromatic heterocycles. The Hall–Kier alpha value is -1.43. The highest BCUT2D eigenvalue weighted by Gasteiger charge is 2.26. The van der Waals surface area contributed by atoms with Crippen molar-refractivity contribution < 1.29 is 22.6 Å². The third-order valence-corrected chi connectivity index (χ3v) is 3.35. The van der Waals surface area contributed by atoms with Gasteiger partial charge in [-0.3, -0.25) is 0 Å². The smallest absolute Gasteiger partial charge is 0.389 e. The summed E-state index contributed by atoms with van der Waals surface area (Å²) in [6.45, 7) is 0. The predicted octanol–water partition coefficient (Wildman–Crippen LogP) is 3.57. The maximum Gasteiger partial charge on any atom is 0.389 e. The van der Waals surface area contributed by atoms with Crippen molar-refractivity contribution in [2.75, 3.05) is 21.3 Å². The summed E-state index contributed by atoms with van der Waals surface area (Å²) in [5.41, 5.74) is 0.999. The topological polar surface area (TPSA) is 30.5 Å². The normalized spacial score (nSPS) is 13.0. The number of hydrogen-bond donors (Lipinski definition) is 1. The van der Waals surface area contributed by atoms with Crippen LogP contribution in [0, 0.1) is 0 Å². The van der Waals surface area contributed by atoms with Crippen LogP contribution in [0.25, 0.3) is 0 Å². The lowest BCUT2D eigenvalue weighted by atomic mass is 10.0. The van der Waals surface area contributed by atoms with Gasteiger partial charge in [-0.05, 0) is 44.0 Å². The van der Waals surface area contributed by atoms with Gasteiger partial charge in [0.25, 0.3) is 0 Å². The summed E-state index contributed by atoms with van der Waals surface area (Å²) in [7, 11) is 4.88. The van der Waals surface area contributed by atoms with Gasteiger partial charge in [-0.2, -0.15) is 13.2 Å². The minimum Gasteiger partial charge on any atom is -0.493 e. The average Bonchev–Trinajstić information content (AvgIpc) is 2.44. The second-order valence-electron chi connectivity index (χ2n) is 4.89. The SMILES string of the molecule is CNC(CCCC(F)(F)F)Cc1ccc(OC)c(OC)c1. The number of hydrogen-bond acceptors (Lipinski definition) is 3. The lowest BCUT2D eigenvalue weighted by Crippen LogP contribution is -2.28. The molecule has 0 radical (unpaired) electrons. The van der Waals surface area contributed by atoms with E-state index < -0.39 is 12.6 Å². The van der Waals surface area contributed by atoms with E-state index in [0.717, 1.165) is 5.56 Å². The number of benzene rings is 1. The first-order valence-corrected chi connectivity index (χ1v) is 6.84. The Bertz CT molecular complexity index is 435. The van der Waals surface area contributed by atoms with Crippen molar-refractivity contribution in [3.63, 3.8) is 0 Å². The Labute approximate surface area is 123 Å². The summed E-state index contributed by atoms with van der Waals surface area (Å²) in [4.78, 5) is 0. The molecular formula is C15H22F3NO2. The van der Waals surface area contributed by atoms with E-state index in [-0.39, 0.29) is 12.5 Å². The molecule has 0 spiro atoms. The van der Waals surface area contributed by atoms with Crippen LogP contribution in [-0.4, -0.2) is 33.5 Å². The van der Waals surface area contributed by atoms with Crippen LogP contribution in [-0.2, 0) is 6.42 Å². The first kappa shape index (κ1) is 17.6. The summed E-state index contributed by atoms with van der Waals surface area (Å²) < 4.78 is 46.9. The summed E-state index contributed by atoms with van der Waals surface area (Å²) >= 11 is 0. The van der Waals surface area contributed by atoms with Gasteiger partial charge in [-0.1, -0.05) is 6.07 Å². The van der Waals surface area contributed by atoms with E-state index in [1.165, 1.54) is 0 Å². The van der Waals surface area contributed by atoms with Crippen LogP contribution in [0.15, 0.2) is 18.2 Å². The molecule has 0 aliphatic rings. The van der Waals surface area contributed by atoms with Gasteiger partial charge < -0.3 is 14.8 Å². The summed E-state index contributed by atoms with van der Waals surface area (Å²) in [6, 6.07) is 5.56. The van der Waals surface area contributed by atoms with E-state index in [1.54, 1.807) is 27.3 Å². The van der Waals surface area contributed by atoms with Crippen molar-refractivity contribution >= 4 is 0 Å². The summed E-state index contributed by atoms with van der Waals surface area (Å²) in [6.07, 6.45) is -3.57. The molecule has 21 heavy (non-hydrogen) atoms. The van der Waals surface area contributed by atoms with Gasteiger partial charge in [0.2, 0.25) is 0 Å². The molecule has 1 aromatic rings. The quantitative estimate of drug-likeness (QED) is 0.796. The van der Waals surface area contributed by atoms with Crippen LogP contribution in [0.3, 0.4) is 0 Å². The molecular weight excluding hydrogens is 283 g/mol. The molecule has 0 heterocycles. The van der Waals surface area contributed by atoms with Gasteiger partial charge >= 0.3 is 6.18 Å². The highest BCUT2D eigenvalue weighted by molar-refractivity contribution is 5.43. The van der Waals surface area contributed by atoms with Crippen molar-refractivity contribution in [3.05, 3.63) is 23.8 Å². The summed E-state index contributed by atoms with van der Waals surface area (Å²) in [5.74, 6) is 1.26. The van der Waals surface area contributed by atoms with Crippen molar-refractivity contribution in [2.45, 2.75) is 37.9 Å². The van der Waals surface area contributed by atoms with Crippen molar-refractivity contribution in [1.29, 1.82) is 0 Å². The first-order chi connectivity index (χ1) is 9.89. The molecule has 1 N–H and O–H groups in total. The third kappa shape index (κ3) is 6.25. The number of ether oxygens (including phenoxy) is 2. The molecule has 0 amide bonds. The number of halogens is 3. The minimum atomic E-state index is -4.08. The van der Waals surface area contributed by atoms with E-state index in [4.69, 9.17) is 9.47 Å². The lowest BCUT2D eigenvalue weighted by molar-refractivity contribution is -0.135. The molecule has 1 aromatic carbocycles. The van der Waals surface area contributed by atoms with Crippen molar-refractivity contribution in [2.24, 2.45) is 0 Å². The standard InChI is InChI=1S/C15H22F3NO2/c1-19-12(5-4-8-15(16,17)18)9-11-6-7-13(20-2)14(10-11)21-3/h6-7,10,12,19H,4-5,8-9H2,1-3H3. The van der Waals surface area contributed by atoms with Gasteiger partial charge in [0, 0.05) is 12.5 Å². The lowest BCUT2D eigenvalue weighted by Gasteiger charge is -2.17. The molecule has 6 heteroatoms. The number of methoxy groups -OCH3 is 2. The molecule has 0 saturated carbocycles. The van der Waals surface area contributed by atoms with Gasteiger partial charge in [0.15, 0.2) is 11.5 Å². The Morgan fingerprint density at radius 3 is 2.33 bits per heavy atom. The van der Waals surface area contributed by atoms with Gasteiger partial charge in [0.1, 0.15) is 0 Å². The maximum atomic E-state index is 12.2. The molecule has 120 valence electrons. The van der Waals surface area contributed by atoms with Crippen LogP contribution < -0.4 is 14.8 Å². The molecule has 3 nitrogen and oxygen atoms in total. The van der Waals surface area contributed by atoms with E-state index in [1.807, 2.05) is 12.1 Å². The van der Waals surface area contributed by atoms with E-state index in [9.17, 15) is 13.2 Å². The van der Waals surface area contributed by atoms with Gasteiger partial charge in [-0.15, -0.1) is 0 Å². The maximum absolute atomic E-state index is 12.2. The fraction of sp³-hybridized carbons (Fsp3) is 0.600. The molecule has 0 aliphatic heterocycles. The summed E-state index contributed by atoms with van der Waals surface area (Å²) in [5, 5.41) is 3.06. The van der Waals surface area contributed by atoms with E-state index in [0.29, 0.717) is 24.3 Å². The van der Waals surface area contributed by atoms with Crippen LogP contribution in [0.4, 0.5) is 13.2 Å². The fourth-order valence-electron chi connectivity index (χ4n) is 2.19. The number of nitrogens with one attached hydrogen (secondary N) is 1. The Morgan fingerprint density at radius 1 is 1.14 bits per heavy atom. The first-order valence-electron chi connectivity index (χ1n) is 6.84. The minimum absolute atomic E-state index is 0.00505. The Kier molecular flexibility index (Phi) is 6.81.